The number of hydrogen-bond donors (Lipinski definition) is 1. The number of benzene rings is 1. The fraction of sp³-hybridized carbons (Fsp3) is 0.526. The number of nitrogens with two attached hydrogens (primary N) is 1. The second-order valence-corrected chi connectivity index (χ2v) is 6.80. The molecule has 2 amide bonds. The van der Waals surface area contributed by atoms with Crippen LogP contribution < -0.4 is 10.5 Å². The van der Waals surface area contributed by atoms with Crippen molar-refractivity contribution in [2.24, 2.45) is 5.73 Å². The highest BCUT2D eigenvalue weighted by Crippen LogP contribution is 2.22. The van der Waals surface area contributed by atoms with E-state index in [4.69, 9.17) is 20.5 Å². The third-order valence-electron chi connectivity index (χ3n) is 4.26. The molecule has 0 aliphatic carbocycles. The number of primary amides is 1. The van der Waals surface area contributed by atoms with Crippen molar-refractivity contribution in [3.63, 3.8) is 0 Å². The molecular weight excluding hydrogens is 334 g/mol. The van der Waals surface area contributed by atoms with E-state index in [-0.39, 0.29) is 18.4 Å². The first-order chi connectivity index (χ1) is 12.3. The quantitative estimate of drug-likeness (QED) is 0.763. The zero-order valence-corrected chi connectivity index (χ0v) is 15.2. The molecule has 7 nitrogen and oxygen atoms in total. The highest BCUT2D eigenvalue weighted by Gasteiger charge is 2.35. The van der Waals surface area contributed by atoms with Crippen LogP contribution in [-0.2, 0) is 9.53 Å². The summed E-state index contributed by atoms with van der Waals surface area (Å²) in [6.07, 6.45) is 2.15. The molecule has 0 saturated carbocycles. The van der Waals surface area contributed by atoms with Crippen molar-refractivity contribution in [3.05, 3.63) is 29.8 Å². The lowest BCUT2D eigenvalue weighted by atomic mass is 10.1. The standard InChI is InChI=1S/C19H25N3O4/c1-19(2,26-15-8-6-14(7-9-15)17(21)23)18(24)22(11-4-10-20)13-16-5-3-12-25-16/h6-9,16H,3-5,11-13H2,1-2H3,(H2,21,23). The molecule has 140 valence electrons. The van der Waals surface area contributed by atoms with E-state index >= 15 is 0 Å². The van der Waals surface area contributed by atoms with Gasteiger partial charge in [-0.25, -0.2) is 0 Å². The van der Waals surface area contributed by atoms with Gasteiger partial charge in [-0.05, 0) is 51.0 Å². The van der Waals surface area contributed by atoms with E-state index in [1.807, 2.05) is 0 Å². The minimum absolute atomic E-state index is 0.00305. The third-order valence-corrected chi connectivity index (χ3v) is 4.26. The number of carbonyl (C=O) groups is 2. The van der Waals surface area contributed by atoms with Crippen LogP contribution in [0.3, 0.4) is 0 Å². The Labute approximate surface area is 153 Å². The lowest BCUT2D eigenvalue weighted by Crippen LogP contribution is -2.51. The Morgan fingerprint density at radius 2 is 2.08 bits per heavy atom. The average Bonchev–Trinajstić information content (AvgIpc) is 3.11. The Hall–Kier alpha value is -2.59. The molecule has 1 saturated heterocycles. The second kappa shape index (κ2) is 8.68. The van der Waals surface area contributed by atoms with Crippen molar-refractivity contribution in [1.29, 1.82) is 5.26 Å². The summed E-state index contributed by atoms with van der Waals surface area (Å²) in [5, 5.41) is 8.88. The average molecular weight is 359 g/mol. The van der Waals surface area contributed by atoms with Crippen molar-refractivity contribution in [3.8, 4) is 11.8 Å². The molecule has 1 atom stereocenters. The second-order valence-electron chi connectivity index (χ2n) is 6.80. The first kappa shape index (κ1) is 19.7. The van der Waals surface area contributed by atoms with E-state index in [2.05, 4.69) is 6.07 Å². The maximum atomic E-state index is 13.0. The zero-order chi connectivity index (χ0) is 19.2. The van der Waals surface area contributed by atoms with Gasteiger partial charge in [0, 0.05) is 25.3 Å². The summed E-state index contributed by atoms with van der Waals surface area (Å²) in [5.74, 6) is -0.265. The predicted octanol–water partition coefficient (Wildman–Crippen LogP) is 1.86. The number of rotatable bonds is 8. The molecule has 2 N–H and O–H groups in total. The molecule has 0 radical (unpaired) electrons. The molecule has 0 aromatic heterocycles. The zero-order valence-electron chi connectivity index (χ0n) is 15.2. The number of amides is 2. The molecule has 2 rings (SSSR count). The summed E-state index contributed by atoms with van der Waals surface area (Å²) in [4.78, 5) is 25.8. The SMILES string of the molecule is CC(C)(Oc1ccc(C(N)=O)cc1)C(=O)N(CCC#N)CC1CCCO1. The van der Waals surface area contributed by atoms with Gasteiger partial charge in [0.2, 0.25) is 5.91 Å². The maximum absolute atomic E-state index is 13.0. The molecule has 1 aliphatic heterocycles. The van der Waals surface area contributed by atoms with E-state index in [9.17, 15) is 9.59 Å². The monoisotopic (exact) mass is 359 g/mol. The Bertz CT molecular complexity index is 673. The lowest BCUT2D eigenvalue weighted by Gasteiger charge is -2.33. The first-order valence-electron chi connectivity index (χ1n) is 8.70. The largest absolute Gasteiger partial charge is 0.478 e. The van der Waals surface area contributed by atoms with Gasteiger partial charge in [-0.2, -0.15) is 5.26 Å². The van der Waals surface area contributed by atoms with Gasteiger partial charge in [-0.3, -0.25) is 9.59 Å². The Morgan fingerprint density at radius 3 is 2.62 bits per heavy atom. The number of carbonyl (C=O) groups excluding carboxylic acids is 2. The normalized spacial score (nSPS) is 16.7. The third kappa shape index (κ3) is 5.20. The number of nitrogens with zero attached hydrogens (tertiary/aromatic N) is 2. The van der Waals surface area contributed by atoms with Gasteiger partial charge < -0.3 is 20.1 Å². The summed E-state index contributed by atoms with van der Waals surface area (Å²) in [6.45, 7) is 4.87. The molecule has 0 spiro atoms. The fourth-order valence-corrected chi connectivity index (χ4v) is 2.90. The van der Waals surface area contributed by atoms with Crippen molar-refractivity contribution in [1.82, 2.24) is 4.90 Å². The van der Waals surface area contributed by atoms with Gasteiger partial charge in [0.15, 0.2) is 5.60 Å². The molecule has 1 heterocycles. The molecule has 1 aromatic rings. The van der Waals surface area contributed by atoms with Crippen LogP contribution in [-0.4, -0.2) is 48.1 Å². The summed E-state index contributed by atoms with van der Waals surface area (Å²) >= 11 is 0. The summed E-state index contributed by atoms with van der Waals surface area (Å²) < 4.78 is 11.5. The molecule has 7 heteroatoms. The van der Waals surface area contributed by atoms with E-state index in [1.54, 1.807) is 43.0 Å². The predicted molar refractivity (Wildman–Crippen MR) is 95.5 cm³/mol. The molecule has 1 aromatic carbocycles. The van der Waals surface area contributed by atoms with Crippen LogP contribution in [0.4, 0.5) is 0 Å². The van der Waals surface area contributed by atoms with Gasteiger partial charge in [0.05, 0.1) is 18.6 Å². The number of ether oxygens (including phenoxy) is 2. The summed E-state index contributed by atoms with van der Waals surface area (Å²) in [5.41, 5.74) is 4.47. The highest BCUT2D eigenvalue weighted by atomic mass is 16.5. The van der Waals surface area contributed by atoms with Gasteiger partial charge >= 0.3 is 0 Å². The van der Waals surface area contributed by atoms with Crippen LogP contribution in [0.15, 0.2) is 24.3 Å². The smallest absolute Gasteiger partial charge is 0.266 e. The van der Waals surface area contributed by atoms with Crippen LogP contribution in [0.5, 0.6) is 5.75 Å². The van der Waals surface area contributed by atoms with E-state index in [0.717, 1.165) is 12.8 Å². The molecule has 1 unspecified atom stereocenters. The topological polar surface area (TPSA) is 106 Å². The molecular formula is C19H25N3O4. The first-order valence-corrected chi connectivity index (χ1v) is 8.70. The van der Waals surface area contributed by atoms with Crippen molar-refractivity contribution < 1.29 is 19.1 Å². The van der Waals surface area contributed by atoms with Crippen LogP contribution in [0.1, 0.15) is 43.5 Å². The Balaban J connectivity index is 2.08. The minimum Gasteiger partial charge on any atom is -0.478 e. The highest BCUT2D eigenvalue weighted by molar-refractivity contribution is 5.92. The summed E-state index contributed by atoms with van der Waals surface area (Å²) in [6, 6.07) is 8.40. The number of nitriles is 1. The number of hydrogen-bond acceptors (Lipinski definition) is 5. The van der Waals surface area contributed by atoms with Crippen molar-refractivity contribution >= 4 is 11.8 Å². The van der Waals surface area contributed by atoms with E-state index in [0.29, 0.717) is 31.0 Å². The molecule has 0 bridgehead atoms. The van der Waals surface area contributed by atoms with Crippen molar-refractivity contribution in [2.45, 2.75) is 44.8 Å². The van der Waals surface area contributed by atoms with Gasteiger partial charge in [0.1, 0.15) is 5.75 Å². The van der Waals surface area contributed by atoms with Gasteiger partial charge in [0.25, 0.3) is 5.91 Å². The summed E-state index contributed by atoms with van der Waals surface area (Å²) in [7, 11) is 0. The van der Waals surface area contributed by atoms with Crippen LogP contribution in [0, 0.1) is 11.3 Å². The van der Waals surface area contributed by atoms with Gasteiger partial charge in [-0.15, -0.1) is 0 Å². The van der Waals surface area contributed by atoms with E-state index < -0.39 is 11.5 Å². The Morgan fingerprint density at radius 1 is 1.38 bits per heavy atom. The fourth-order valence-electron chi connectivity index (χ4n) is 2.90. The van der Waals surface area contributed by atoms with Crippen LogP contribution >= 0.6 is 0 Å². The maximum Gasteiger partial charge on any atom is 0.266 e. The Kier molecular flexibility index (Phi) is 6.58. The molecule has 1 fully saturated rings. The lowest BCUT2D eigenvalue weighted by molar-refractivity contribution is -0.147. The van der Waals surface area contributed by atoms with Crippen LogP contribution in [0.25, 0.3) is 0 Å². The minimum atomic E-state index is -1.12. The van der Waals surface area contributed by atoms with Crippen molar-refractivity contribution in [2.75, 3.05) is 19.7 Å². The van der Waals surface area contributed by atoms with Gasteiger partial charge in [-0.1, -0.05) is 0 Å². The molecule has 1 aliphatic rings. The van der Waals surface area contributed by atoms with Crippen LogP contribution in [0.2, 0.25) is 0 Å². The van der Waals surface area contributed by atoms with E-state index in [1.165, 1.54) is 0 Å². The molecule has 26 heavy (non-hydrogen) atoms.